The van der Waals surface area contributed by atoms with Gasteiger partial charge < -0.3 is 4.74 Å². The van der Waals surface area contributed by atoms with Crippen molar-refractivity contribution in [1.29, 1.82) is 0 Å². The van der Waals surface area contributed by atoms with Gasteiger partial charge in [-0.2, -0.15) is 13.9 Å². The fraction of sp³-hybridized carbons (Fsp3) is 0.125. The Morgan fingerprint density at radius 1 is 1.25 bits per heavy atom. The predicted octanol–water partition coefficient (Wildman–Crippen LogP) is 4.39. The lowest BCUT2D eigenvalue weighted by Gasteiger charge is -2.10. The molecule has 0 N–H and O–H groups in total. The second-order valence-electron chi connectivity index (χ2n) is 4.90. The number of hydrogen-bond acceptors (Lipinski definition) is 3. The van der Waals surface area contributed by atoms with Crippen molar-refractivity contribution in [3.05, 3.63) is 65.3 Å². The number of ether oxygens (including phenoxy) is 1. The molecule has 0 aliphatic carbocycles. The van der Waals surface area contributed by atoms with Crippen LogP contribution in [0.2, 0.25) is 5.02 Å². The second-order valence-corrected chi connectivity index (χ2v) is 5.31. The summed E-state index contributed by atoms with van der Waals surface area (Å²) in [6.07, 6.45) is 4.87. The van der Waals surface area contributed by atoms with E-state index in [1.165, 1.54) is 30.5 Å². The topological polar surface area (TPSA) is 39.9 Å². The molecule has 0 saturated heterocycles. The van der Waals surface area contributed by atoms with Crippen molar-refractivity contribution < 1.29 is 17.9 Å². The molecule has 3 rings (SSSR count). The van der Waals surface area contributed by atoms with Gasteiger partial charge in [-0.15, -0.1) is 0 Å². The van der Waals surface area contributed by atoms with E-state index >= 15 is 0 Å². The highest BCUT2D eigenvalue weighted by molar-refractivity contribution is 6.32. The minimum absolute atomic E-state index is 0.00904. The van der Waals surface area contributed by atoms with Crippen LogP contribution in [-0.4, -0.2) is 21.4 Å². The number of pyridine rings is 1. The Kier molecular flexibility index (Phi) is 4.71. The highest BCUT2D eigenvalue weighted by Crippen LogP contribution is 2.32. The Labute approximate surface area is 140 Å². The van der Waals surface area contributed by atoms with Crippen LogP contribution in [0.15, 0.2) is 48.9 Å². The Morgan fingerprint density at radius 2 is 2.08 bits per heavy atom. The van der Waals surface area contributed by atoms with E-state index in [0.717, 1.165) is 0 Å². The van der Waals surface area contributed by atoms with Crippen molar-refractivity contribution in [2.45, 2.75) is 13.2 Å². The van der Waals surface area contributed by atoms with Gasteiger partial charge in [0, 0.05) is 24.2 Å². The van der Waals surface area contributed by atoms with E-state index in [4.69, 9.17) is 11.6 Å². The second kappa shape index (κ2) is 6.92. The Balaban J connectivity index is 1.89. The predicted molar refractivity (Wildman–Crippen MR) is 82.6 cm³/mol. The molecule has 3 aromatic rings. The molecule has 2 heterocycles. The third-order valence-corrected chi connectivity index (χ3v) is 3.53. The number of halogens is 4. The zero-order chi connectivity index (χ0) is 17.1. The summed E-state index contributed by atoms with van der Waals surface area (Å²) in [6, 6.07) is 7.16. The summed E-state index contributed by atoms with van der Waals surface area (Å²) in [5.41, 5.74) is 0.936. The largest absolute Gasteiger partial charge is 0.433 e. The lowest BCUT2D eigenvalue weighted by Crippen LogP contribution is -2.03. The van der Waals surface area contributed by atoms with Crippen molar-refractivity contribution in [3.8, 4) is 17.0 Å². The zero-order valence-corrected chi connectivity index (χ0v) is 12.9. The molecule has 8 heteroatoms. The summed E-state index contributed by atoms with van der Waals surface area (Å²) in [5, 5.41) is 4.04. The normalized spacial score (nSPS) is 11.0. The Bertz CT molecular complexity index is 841. The average molecular weight is 354 g/mol. The van der Waals surface area contributed by atoms with Crippen LogP contribution in [-0.2, 0) is 6.54 Å². The molecule has 0 fully saturated rings. The Morgan fingerprint density at radius 3 is 2.75 bits per heavy atom. The average Bonchev–Trinajstić information content (AvgIpc) is 3.02. The summed E-state index contributed by atoms with van der Waals surface area (Å²) in [5.74, 6) is -0.809. The maximum absolute atomic E-state index is 14.3. The number of rotatable bonds is 5. The van der Waals surface area contributed by atoms with E-state index in [-0.39, 0.29) is 22.0 Å². The van der Waals surface area contributed by atoms with Crippen molar-refractivity contribution in [2.24, 2.45) is 0 Å². The molecule has 0 aliphatic rings. The molecule has 0 spiro atoms. The highest BCUT2D eigenvalue weighted by atomic mass is 35.5. The zero-order valence-electron chi connectivity index (χ0n) is 12.2. The molecule has 0 saturated carbocycles. The van der Waals surface area contributed by atoms with Gasteiger partial charge in [-0.3, -0.25) is 9.67 Å². The first-order chi connectivity index (χ1) is 11.5. The lowest BCUT2D eigenvalue weighted by atomic mass is 10.1. The SMILES string of the molecule is Fc1cc(Cn2cccn2)cnc1-c1ccc(Cl)c(OC(F)F)c1. The van der Waals surface area contributed by atoms with E-state index in [0.29, 0.717) is 12.1 Å². The van der Waals surface area contributed by atoms with E-state index in [1.807, 2.05) is 0 Å². The number of benzene rings is 1. The molecule has 0 atom stereocenters. The number of hydrogen-bond donors (Lipinski definition) is 0. The summed E-state index contributed by atoms with van der Waals surface area (Å²) >= 11 is 5.79. The minimum Gasteiger partial charge on any atom is -0.433 e. The molecule has 4 nitrogen and oxygen atoms in total. The van der Waals surface area contributed by atoms with Gasteiger partial charge in [-0.25, -0.2) is 4.39 Å². The van der Waals surface area contributed by atoms with Gasteiger partial charge >= 0.3 is 6.61 Å². The first kappa shape index (κ1) is 16.3. The number of alkyl halides is 2. The summed E-state index contributed by atoms with van der Waals surface area (Å²) in [6.45, 7) is -2.65. The van der Waals surface area contributed by atoms with E-state index in [9.17, 15) is 13.2 Å². The maximum Gasteiger partial charge on any atom is 0.387 e. The molecule has 0 bridgehead atoms. The maximum atomic E-state index is 14.3. The molecule has 0 aliphatic heterocycles. The molecule has 0 unspecified atom stereocenters. The van der Waals surface area contributed by atoms with Crippen LogP contribution in [0.4, 0.5) is 13.2 Å². The summed E-state index contributed by atoms with van der Waals surface area (Å²) in [4.78, 5) is 4.08. The van der Waals surface area contributed by atoms with Crippen LogP contribution < -0.4 is 4.74 Å². The third-order valence-electron chi connectivity index (χ3n) is 3.22. The van der Waals surface area contributed by atoms with Crippen molar-refractivity contribution in [2.75, 3.05) is 0 Å². The van der Waals surface area contributed by atoms with Gasteiger partial charge in [0.15, 0.2) is 0 Å². The van der Waals surface area contributed by atoms with Gasteiger partial charge in [-0.1, -0.05) is 17.7 Å². The van der Waals surface area contributed by atoms with Crippen molar-refractivity contribution >= 4 is 11.6 Å². The fourth-order valence-electron chi connectivity index (χ4n) is 2.19. The molecule has 24 heavy (non-hydrogen) atoms. The van der Waals surface area contributed by atoms with Gasteiger partial charge in [0.05, 0.1) is 11.6 Å². The van der Waals surface area contributed by atoms with Crippen LogP contribution >= 0.6 is 11.6 Å². The van der Waals surface area contributed by atoms with Gasteiger partial charge in [0.2, 0.25) is 0 Å². The molecular formula is C16H11ClF3N3O. The molecule has 0 radical (unpaired) electrons. The molecule has 0 amide bonds. The standard InChI is InChI=1S/C16H11ClF3N3O/c17-12-3-2-11(7-14(12)24-16(19)20)15-13(18)6-10(8-21-15)9-23-5-1-4-22-23/h1-8,16H,9H2. The first-order valence-corrected chi connectivity index (χ1v) is 7.27. The van der Waals surface area contributed by atoms with E-state index in [1.54, 1.807) is 23.1 Å². The van der Waals surface area contributed by atoms with Crippen LogP contribution in [0.5, 0.6) is 5.75 Å². The number of nitrogens with zero attached hydrogens (tertiary/aromatic N) is 3. The van der Waals surface area contributed by atoms with Crippen molar-refractivity contribution in [3.63, 3.8) is 0 Å². The quantitative estimate of drug-likeness (QED) is 0.683. The summed E-state index contributed by atoms with van der Waals surface area (Å²) < 4.78 is 45.0. The highest BCUT2D eigenvalue weighted by Gasteiger charge is 2.14. The van der Waals surface area contributed by atoms with Crippen LogP contribution in [0.25, 0.3) is 11.3 Å². The van der Waals surface area contributed by atoms with E-state index in [2.05, 4.69) is 14.8 Å². The third kappa shape index (κ3) is 3.68. The Hall–Kier alpha value is -2.54. The summed E-state index contributed by atoms with van der Waals surface area (Å²) in [7, 11) is 0. The van der Waals surface area contributed by atoms with Crippen LogP contribution in [0.1, 0.15) is 5.56 Å². The van der Waals surface area contributed by atoms with Crippen LogP contribution in [0, 0.1) is 5.82 Å². The fourth-order valence-corrected chi connectivity index (χ4v) is 2.36. The molecule has 1 aromatic carbocycles. The molecule has 124 valence electrons. The first-order valence-electron chi connectivity index (χ1n) is 6.89. The van der Waals surface area contributed by atoms with Crippen molar-refractivity contribution in [1.82, 2.24) is 14.8 Å². The lowest BCUT2D eigenvalue weighted by molar-refractivity contribution is -0.0497. The van der Waals surface area contributed by atoms with Gasteiger partial charge in [-0.05, 0) is 29.8 Å². The number of aromatic nitrogens is 3. The minimum atomic E-state index is -3.02. The molecular weight excluding hydrogens is 343 g/mol. The van der Waals surface area contributed by atoms with E-state index < -0.39 is 12.4 Å². The van der Waals surface area contributed by atoms with Gasteiger partial charge in [0.25, 0.3) is 0 Å². The van der Waals surface area contributed by atoms with Gasteiger partial charge in [0.1, 0.15) is 17.3 Å². The monoisotopic (exact) mass is 353 g/mol. The van der Waals surface area contributed by atoms with Crippen LogP contribution in [0.3, 0.4) is 0 Å². The molecule has 2 aromatic heterocycles. The smallest absolute Gasteiger partial charge is 0.387 e.